The van der Waals surface area contributed by atoms with Gasteiger partial charge in [-0.05, 0) is 44.4 Å². The van der Waals surface area contributed by atoms with Gasteiger partial charge in [0.2, 0.25) is 0 Å². The molecule has 0 spiro atoms. The summed E-state index contributed by atoms with van der Waals surface area (Å²) in [5.41, 5.74) is 0. The Kier molecular flexibility index (Phi) is 3.81. The maximum atomic E-state index is 3.51. The van der Waals surface area contributed by atoms with E-state index in [2.05, 4.69) is 31.4 Å². The maximum Gasteiger partial charge on any atom is 0.0441 e. The monoisotopic (exact) mass is 223 g/mol. The Morgan fingerprint density at radius 2 is 2.13 bits per heavy atom. The lowest BCUT2D eigenvalue weighted by Crippen LogP contribution is -2.22. The van der Waals surface area contributed by atoms with Crippen LogP contribution < -0.4 is 5.32 Å². The zero-order valence-electron chi connectivity index (χ0n) is 9.75. The molecule has 1 N–H and O–H groups in total. The van der Waals surface area contributed by atoms with Crippen molar-refractivity contribution in [3.63, 3.8) is 0 Å². The van der Waals surface area contributed by atoms with Crippen LogP contribution in [0.25, 0.3) is 0 Å². The molecule has 1 nitrogen and oxygen atoms in total. The average molecular weight is 223 g/mol. The van der Waals surface area contributed by atoms with Crippen molar-refractivity contribution in [1.82, 2.24) is 5.32 Å². The summed E-state index contributed by atoms with van der Waals surface area (Å²) in [7, 11) is 2.11. The fraction of sp³-hybridized carbons (Fsp3) is 0.692. The van der Waals surface area contributed by atoms with Crippen LogP contribution >= 0.6 is 11.3 Å². The van der Waals surface area contributed by atoms with Gasteiger partial charge in [0, 0.05) is 15.8 Å². The molecule has 15 heavy (non-hydrogen) atoms. The van der Waals surface area contributed by atoms with E-state index in [0.29, 0.717) is 6.04 Å². The van der Waals surface area contributed by atoms with Crippen molar-refractivity contribution in [2.24, 2.45) is 5.92 Å². The van der Waals surface area contributed by atoms with E-state index in [1.807, 2.05) is 11.3 Å². The second-order valence-corrected chi connectivity index (χ2v) is 5.67. The molecule has 1 unspecified atom stereocenters. The molecule has 1 aromatic rings. The van der Waals surface area contributed by atoms with Crippen LogP contribution in [0.1, 0.15) is 48.4 Å². The van der Waals surface area contributed by atoms with Crippen molar-refractivity contribution < 1.29 is 0 Å². The van der Waals surface area contributed by atoms with Gasteiger partial charge in [-0.25, -0.2) is 0 Å². The van der Waals surface area contributed by atoms with Crippen LogP contribution in [0, 0.1) is 5.92 Å². The first-order valence-corrected chi connectivity index (χ1v) is 6.92. The van der Waals surface area contributed by atoms with Crippen LogP contribution in [0.4, 0.5) is 0 Å². The molecule has 1 heterocycles. The minimum atomic E-state index is 0.609. The molecule has 84 valence electrons. The highest BCUT2D eigenvalue weighted by Crippen LogP contribution is 2.37. The summed E-state index contributed by atoms with van der Waals surface area (Å²) >= 11 is 1.99. The molecule has 2 heteroatoms. The zero-order chi connectivity index (χ0) is 10.7. The van der Waals surface area contributed by atoms with Gasteiger partial charge in [0.15, 0.2) is 0 Å². The summed E-state index contributed by atoms with van der Waals surface area (Å²) in [4.78, 5) is 3.06. The molecule has 2 rings (SSSR count). The lowest BCUT2D eigenvalue weighted by molar-refractivity contribution is 0.395. The molecular formula is C13H21NS. The summed E-state index contributed by atoms with van der Waals surface area (Å²) in [5, 5.41) is 3.51. The SMILES string of the molecule is CCc1ccc(C(NC)C2CCCC2)s1. The Bertz CT molecular complexity index is 299. The lowest BCUT2D eigenvalue weighted by Gasteiger charge is -2.21. The molecule has 1 aliphatic carbocycles. The molecule has 0 radical (unpaired) electrons. The highest BCUT2D eigenvalue weighted by atomic mass is 32.1. The summed E-state index contributed by atoms with van der Waals surface area (Å²) in [6.07, 6.45) is 6.84. The second-order valence-electron chi connectivity index (χ2n) is 4.47. The first-order valence-electron chi connectivity index (χ1n) is 6.11. The van der Waals surface area contributed by atoms with E-state index in [1.165, 1.54) is 37.0 Å². The van der Waals surface area contributed by atoms with Gasteiger partial charge in [0.05, 0.1) is 0 Å². The molecule has 1 saturated carbocycles. The Hall–Kier alpha value is -0.340. The van der Waals surface area contributed by atoms with Gasteiger partial charge < -0.3 is 5.32 Å². The molecule has 0 aliphatic heterocycles. The fourth-order valence-corrected chi connectivity index (χ4v) is 3.81. The molecule has 0 bridgehead atoms. The van der Waals surface area contributed by atoms with E-state index in [-0.39, 0.29) is 0 Å². The van der Waals surface area contributed by atoms with Crippen molar-refractivity contribution in [2.45, 2.75) is 45.1 Å². The third kappa shape index (κ3) is 2.43. The van der Waals surface area contributed by atoms with Gasteiger partial charge in [-0.15, -0.1) is 11.3 Å². The average Bonchev–Trinajstić information content (AvgIpc) is 2.89. The third-order valence-electron chi connectivity index (χ3n) is 3.52. The Morgan fingerprint density at radius 3 is 2.67 bits per heavy atom. The molecule has 1 fully saturated rings. The highest BCUT2D eigenvalue weighted by Gasteiger charge is 2.25. The normalized spacial score (nSPS) is 19.6. The Morgan fingerprint density at radius 1 is 1.40 bits per heavy atom. The molecule has 1 atom stereocenters. The Labute approximate surface area is 96.9 Å². The first kappa shape index (κ1) is 11.2. The third-order valence-corrected chi connectivity index (χ3v) is 4.83. The topological polar surface area (TPSA) is 12.0 Å². The quantitative estimate of drug-likeness (QED) is 0.819. The lowest BCUT2D eigenvalue weighted by atomic mass is 9.97. The molecule has 1 aliphatic rings. The minimum Gasteiger partial charge on any atom is -0.312 e. The van der Waals surface area contributed by atoms with Crippen LogP contribution in [0.2, 0.25) is 0 Å². The zero-order valence-corrected chi connectivity index (χ0v) is 10.6. The van der Waals surface area contributed by atoms with Crippen LogP contribution in [0.3, 0.4) is 0 Å². The van der Waals surface area contributed by atoms with E-state index in [4.69, 9.17) is 0 Å². The van der Waals surface area contributed by atoms with Crippen LogP contribution in [0.15, 0.2) is 12.1 Å². The minimum absolute atomic E-state index is 0.609. The number of thiophene rings is 1. The van der Waals surface area contributed by atoms with Crippen molar-refractivity contribution >= 4 is 11.3 Å². The van der Waals surface area contributed by atoms with Gasteiger partial charge in [-0.2, -0.15) is 0 Å². The summed E-state index contributed by atoms with van der Waals surface area (Å²) in [6.45, 7) is 2.24. The predicted octanol–water partition coefficient (Wildman–Crippen LogP) is 3.76. The van der Waals surface area contributed by atoms with Gasteiger partial charge in [-0.1, -0.05) is 19.8 Å². The summed E-state index contributed by atoms with van der Waals surface area (Å²) < 4.78 is 0. The van der Waals surface area contributed by atoms with Gasteiger partial charge >= 0.3 is 0 Å². The Balaban J connectivity index is 2.10. The number of hydrogen-bond acceptors (Lipinski definition) is 2. The van der Waals surface area contributed by atoms with Crippen LogP contribution in [0.5, 0.6) is 0 Å². The first-order chi connectivity index (χ1) is 7.35. The smallest absolute Gasteiger partial charge is 0.0441 e. The number of aryl methyl sites for hydroxylation is 1. The van der Waals surface area contributed by atoms with Crippen LogP contribution in [-0.4, -0.2) is 7.05 Å². The molecule has 0 aromatic carbocycles. The molecule has 0 saturated heterocycles. The predicted molar refractivity (Wildman–Crippen MR) is 67.5 cm³/mol. The number of rotatable bonds is 4. The molecule has 1 aromatic heterocycles. The largest absolute Gasteiger partial charge is 0.312 e. The van der Waals surface area contributed by atoms with E-state index in [9.17, 15) is 0 Å². The number of hydrogen-bond donors (Lipinski definition) is 1. The van der Waals surface area contributed by atoms with E-state index < -0.39 is 0 Å². The van der Waals surface area contributed by atoms with E-state index >= 15 is 0 Å². The molecule has 0 amide bonds. The number of nitrogens with one attached hydrogen (secondary N) is 1. The van der Waals surface area contributed by atoms with Crippen molar-refractivity contribution in [2.75, 3.05) is 7.05 Å². The maximum absolute atomic E-state index is 3.51. The van der Waals surface area contributed by atoms with Crippen LogP contribution in [-0.2, 0) is 6.42 Å². The van der Waals surface area contributed by atoms with Gasteiger partial charge in [-0.3, -0.25) is 0 Å². The van der Waals surface area contributed by atoms with Crippen molar-refractivity contribution in [1.29, 1.82) is 0 Å². The fourth-order valence-electron chi connectivity index (χ4n) is 2.65. The summed E-state index contributed by atoms with van der Waals surface area (Å²) in [6, 6.07) is 5.22. The highest BCUT2D eigenvalue weighted by molar-refractivity contribution is 7.12. The van der Waals surface area contributed by atoms with E-state index in [0.717, 1.165) is 5.92 Å². The van der Waals surface area contributed by atoms with E-state index in [1.54, 1.807) is 4.88 Å². The van der Waals surface area contributed by atoms with Gasteiger partial charge in [0.25, 0.3) is 0 Å². The second kappa shape index (κ2) is 5.13. The molecular weight excluding hydrogens is 202 g/mol. The van der Waals surface area contributed by atoms with Crippen molar-refractivity contribution in [3.8, 4) is 0 Å². The summed E-state index contributed by atoms with van der Waals surface area (Å²) in [5.74, 6) is 0.873. The van der Waals surface area contributed by atoms with Crippen molar-refractivity contribution in [3.05, 3.63) is 21.9 Å². The standard InChI is InChI=1S/C13H21NS/c1-3-11-8-9-12(15-11)13(14-2)10-6-4-5-7-10/h8-10,13-14H,3-7H2,1-2H3. The van der Waals surface area contributed by atoms with Gasteiger partial charge in [0.1, 0.15) is 0 Å².